The Labute approximate surface area is 146 Å². The number of halogens is 1. The van der Waals surface area contributed by atoms with Crippen LogP contribution in [0.25, 0.3) is 0 Å². The van der Waals surface area contributed by atoms with Gasteiger partial charge in [0, 0.05) is 28.8 Å². The maximum absolute atomic E-state index is 12.2. The lowest BCUT2D eigenvalue weighted by molar-refractivity contribution is -0.120. The molecule has 0 aliphatic carbocycles. The zero-order valence-corrected chi connectivity index (χ0v) is 15.8. The summed E-state index contributed by atoms with van der Waals surface area (Å²) in [4.78, 5) is 12.2. The molecule has 0 aliphatic heterocycles. The highest BCUT2D eigenvalue weighted by Crippen LogP contribution is 2.16. The Morgan fingerprint density at radius 2 is 2.09 bits per heavy atom. The second-order valence-corrected chi connectivity index (χ2v) is 7.22. The Morgan fingerprint density at radius 3 is 2.74 bits per heavy atom. The molecule has 0 aliphatic rings. The Morgan fingerprint density at radius 1 is 1.35 bits per heavy atom. The fourth-order valence-corrected chi connectivity index (χ4v) is 3.03. The number of benzene rings is 1. The van der Waals surface area contributed by atoms with Crippen LogP contribution in [0.5, 0.6) is 0 Å². The first kappa shape index (κ1) is 17.7. The Hall–Kier alpha value is -1.62. The van der Waals surface area contributed by atoms with Gasteiger partial charge in [0.05, 0.1) is 12.1 Å². The van der Waals surface area contributed by atoms with Crippen LogP contribution in [0, 0.1) is 19.8 Å². The van der Waals surface area contributed by atoms with E-state index in [1.165, 1.54) is 0 Å². The summed E-state index contributed by atoms with van der Waals surface area (Å²) in [5.41, 5.74) is 4.16. The van der Waals surface area contributed by atoms with Gasteiger partial charge in [0.25, 0.3) is 0 Å². The van der Waals surface area contributed by atoms with Crippen molar-refractivity contribution in [2.45, 2.75) is 47.2 Å². The number of carbonyl (C=O) groups is 1. The average molecular weight is 378 g/mol. The quantitative estimate of drug-likeness (QED) is 0.832. The van der Waals surface area contributed by atoms with E-state index >= 15 is 0 Å². The molecule has 1 aromatic carbocycles. The van der Waals surface area contributed by atoms with Gasteiger partial charge in [-0.3, -0.25) is 9.48 Å². The highest BCUT2D eigenvalue weighted by Gasteiger charge is 2.15. The second kappa shape index (κ2) is 7.77. The number of hydrogen-bond donors (Lipinski definition) is 1. The van der Waals surface area contributed by atoms with Gasteiger partial charge in [-0.1, -0.05) is 41.9 Å². The summed E-state index contributed by atoms with van der Waals surface area (Å²) in [6, 6.07) is 7.95. The summed E-state index contributed by atoms with van der Waals surface area (Å²) in [6.07, 6.45) is 0.379. The molecule has 2 aromatic rings. The van der Waals surface area contributed by atoms with Crippen molar-refractivity contribution in [1.29, 1.82) is 0 Å². The first-order chi connectivity index (χ1) is 10.9. The molecule has 0 unspecified atom stereocenters. The molecule has 1 heterocycles. The molecule has 2 rings (SSSR count). The number of amides is 1. The number of nitrogens with zero attached hydrogens (tertiary/aromatic N) is 2. The largest absolute Gasteiger partial charge is 0.352 e. The van der Waals surface area contributed by atoms with Crippen LogP contribution in [-0.2, 0) is 24.3 Å². The monoisotopic (exact) mass is 377 g/mol. The minimum absolute atomic E-state index is 0.0280. The van der Waals surface area contributed by atoms with Crippen molar-refractivity contribution in [1.82, 2.24) is 15.1 Å². The molecular formula is C18H24BrN3O. The molecule has 0 bridgehead atoms. The van der Waals surface area contributed by atoms with Gasteiger partial charge in [0.1, 0.15) is 0 Å². The maximum atomic E-state index is 12.2. The molecule has 0 saturated heterocycles. The van der Waals surface area contributed by atoms with Crippen molar-refractivity contribution in [3.8, 4) is 0 Å². The number of carbonyl (C=O) groups excluding carboxylic acids is 1. The second-order valence-electron chi connectivity index (χ2n) is 6.31. The standard InChI is InChI=1S/C18H24BrN3O/c1-12(2)11-22-14(4)17(13(3)21-22)9-18(23)20-10-15-6-5-7-16(19)8-15/h5-8,12H,9-11H2,1-4H3,(H,20,23). The topological polar surface area (TPSA) is 46.9 Å². The van der Waals surface area contributed by atoms with Crippen LogP contribution in [0.15, 0.2) is 28.7 Å². The molecule has 0 fully saturated rings. The first-order valence-corrected chi connectivity index (χ1v) is 8.70. The predicted octanol–water partition coefficient (Wildman–Crippen LogP) is 3.78. The highest BCUT2D eigenvalue weighted by atomic mass is 79.9. The van der Waals surface area contributed by atoms with Crippen LogP contribution in [0.4, 0.5) is 0 Å². The normalized spacial score (nSPS) is 11.0. The third-order valence-electron chi connectivity index (χ3n) is 3.79. The summed E-state index contributed by atoms with van der Waals surface area (Å²) in [5.74, 6) is 0.562. The number of aryl methyl sites for hydroxylation is 1. The van der Waals surface area contributed by atoms with Crippen LogP contribution in [-0.4, -0.2) is 15.7 Å². The predicted molar refractivity (Wildman–Crippen MR) is 96.2 cm³/mol. The molecule has 23 heavy (non-hydrogen) atoms. The van der Waals surface area contributed by atoms with Gasteiger partial charge in [-0.25, -0.2) is 0 Å². The van der Waals surface area contributed by atoms with Crippen LogP contribution in [0.2, 0.25) is 0 Å². The van der Waals surface area contributed by atoms with Gasteiger partial charge in [0.15, 0.2) is 0 Å². The van der Waals surface area contributed by atoms with Gasteiger partial charge < -0.3 is 5.32 Å². The van der Waals surface area contributed by atoms with Crippen LogP contribution in [0.3, 0.4) is 0 Å². The molecular weight excluding hydrogens is 354 g/mol. The van der Waals surface area contributed by atoms with Gasteiger partial charge in [0.2, 0.25) is 5.91 Å². The minimum Gasteiger partial charge on any atom is -0.352 e. The fourth-order valence-electron chi connectivity index (χ4n) is 2.58. The number of aromatic nitrogens is 2. The van der Waals surface area contributed by atoms with Gasteiger partial charge >= 0.3 is 0 Å². The van der Waals surface area contributed by atoms with Crippen LogP contribution < -0.4 is 5.32 Å². The molecule has 0 radical (unpaired) electrons. The summed E-state index contributed by atoms with van der Waals surface area (Å²) < 4.78 is 3.03. The summed E-state index contributed by atoms with van der Waals surface area (Å²) >= 11 is 3.44. The number of hydrogen-bond acceptors (Lipinski definition) is 2. The van der Waals surface area contributed by atoms with E-state index in [4.69, 9.17) is 0 Å². The van der Waals surface area contributed by atoms with E-state index in [1.54, 1.807) is 0 Å². The van der Waals surface area contributed by atoms with Crippen molar-refractivity contribution >= 4 is 21.8 Å². The van der Waals surface area contributed by atoms with E-state index in [0.29, 0.717) is 18.9 Å². The molecule has 1 aromatic heterocycles. The van der Waals surface area contributed by atoms with Crippen molar-refractivity contribution in [2.75, 3.05) is 0 Å². The molecule has 1 amide bonds. The first-order valence-electron chi connectivity index (χ1n) is 7.91. The van der Waals surface area contributed by atoms with Gasteiger partial charge in [-0.15, -0.1) is 0 Å². The molecule has 0 atom stereocenters. The van der Waals surface area contributed by atoms with E-state index < -0.39 is 0 Å². The van der Waals surface area contributed by atoms with Crippen LogP contribution in [0.1, 0.15) is 36.4 Å². The Bertz CT molecular complexity index is 692. The highest BCUT2D eigenvalue weighted by molar-refractivity contribution is 9.10. The maximum Gasteiger partial charge on any atom is 0.224 e. The smallest absolute Gasteiger partial charge is 0.224 e. The third kappa shape index (κ3) is 4.93. The lowest BCUT2D eigenvalue weighted by atomic mass is 10.1. The Balaban J connectivity index is 1.99. The lowest BCUT2D eigenvalue weighted by Crippen LogP contribution is -2.25. The number of nitrogens with one attached hydrogen (secondary N) is 1. The van der Waals surface area contributed by atoms with Crippen molar-refractivity contribution in [3.63, 3.8) is 0 Å². The van der Waals surface area contributed by atoms with E-state index in [2.05, 4.69) is 40.2 Å². The summed E-state index contributed by atoms with van der Waals surface area (Å²) in [5, 5.41) is 7.55. The van der Waals surface area contributed by atoms with E-state index in [0.717, 1.165) is 33.5 Å². The van der Waals surface area contributed by atoms with E-state index in [1.807, 2.05) is 42.8 Å². The van der Waals surface area contributed by atoms with E-state index in [-0.39, 0.29) is 5.91 Å². The van der Waals surface area contributed by atoms with Crippen molar-refractivity contribution in [3.05, 3.63) is 51.3 Å². The molecule has 4 nitrogen and oxygen atoms in total. The van der Waals surface area contributed by atoms with Crippen LogP contribution >= 0.6 is 15.9 Å². The molecule has 0 spiro atoms. The molecule has 124 valence electrons. The lowest BCUT2D eigenvalue weighted by Gasteiger charge is -2.08. The average Bonchev–Trinajstić information content (AvgIpc) is 2.72. The summed E-state index contributed by atoms with van der Waals surface area (Å²) in [6.45, 7) is 9.77. The molecule has 5 heteroatoms. The zero-order chi connectivity index (χ0) is 17.0. The molecule has 1 N–H and O–H groups in total. The zero-order valence-electron chi connectivity index (χ0n) is 14.2. The third-order valence-corrected chi connectivity index (χ3v) is 4.28. The van der Waals surface area contributed by atoms with Gasteiger partial charge in [-0.2, -0.15) is 5.10 Å². The van der Waals surface area contributed by atoms with Crippen molar-refractivity contribution in [2.24, 2.45) is 5.92 Å². The number of rotatable bonds is 6. The minimum atomic E-state index is 0.0280. The van der Waals surface area contributed by atoms with E-state index in [9.17, 15) is 4.79 Å². The van der Waals surface area contributed by atoms with Crippen molar-refractivity contribution < 1.29 is 4.79 Å². The SMILES string of the molecule is Cc1nn(CC(C)C)c(C)c1CC(=O)NCc1cccc(Br)c1. The fraction of sp³-hybridized carbons (Fsp3) is 0.444. The molecule has 0 saturated carbocycles. The van der Waals surface area contributed by atoms with Gasteiger partial charge in [-0.05, 0) is 37.5 Å². The Kier molecular flexibility index (Phi) is 5.99. The summed E-state index contributed by atoms with van der Waals surface area (Å²) in [7, 11) is 0.